The molecule has 1 N–H and O–H groups in total. The molecule has 1 aliphatic rings. The van der Waals surface area contributed by atoms with Crippen molar-refractivity contribution >= 4 is 39.2 Å². The van der Waals surface area contributed by atoms with Crippen LogP contribution in [0.2, 0.25) is 5.02 Å². The molecule has 1 heterocycles. The normalized spacial score (nSPS) is 16.6. The lowest BCUT2D eigenvalue weighted by atomic mass is 9.98. The lowest BCUT2D eigenvalue weighted by molar-refractivity contribution is -0.120. The molecule has 34 heavy (non-hydrogen) atoms. The first kappa shape index (κ1) is 26.0. The van der Waals surface area contributed by atoms with Crippen LogP contribution in [-0.2, 0) is 19.6 Å². The van der Waals surface area contributed by atoms with Gasteiger partial charge in [-0.05, 0) is 61.7 Å². The molecule has 2 aromatic rings. The number of carbonyl (C=O) groups is 2. The molecule has 0 spiro atoms. The molecule has 8 nitrogen and oxygen atoms in total. The van der Waals surface area contributed by atoms with Crippen LogP contribution in [0.5, 0.6) is 5.75 Å². The van der Waals surface area contributed by atoms with Gasteiger partial charge in [0.1, 0.15) is 10.6 Å². The fourth-order valence-electron chi connectivity index (χ4n) is 3.69. The molecule has 1 atom stereocenters. The van der Waals surface area contributed by atoms with Crippen LogP contribution >= 0.6 is 11.6 Å². The number of esters is 1. The number of piperidine rings is 1. The maximum absolute atomic E-state index is 13.3. The van der Waals surface area contributed by atoms with Crippen molar-refractivity contribution in [1.29, 1.82) is 0 Å². The fourth-order valence-corrected chi connectivity index (χ4v) is 5.63. The Bertz CT molecular complexity index is 1120. The Hall–Kier alpha value is -2.62. The Labute approximate surface area is 205 Å². The predicted octanol–water partition coefficient (Wildman–Crippen LogP) is 4.34. The Morgan fingerprint density at radius 1 is 1.18 bits per heavy atom. The van der Waals surface area contributed by atoms with E-state index < -0.39 is 21.9 Å². The molecular weight excluding hydrogens is 480 g/mol. The number of rotatable bonds is 9. The number of hydrogen-bond acceptors (Lipinski definition) is 6. The standard InChI is InChI=1S/C24H29ClN2O6S/c1-3-4-14-33-24(29)17-7-10-20(11-8-17)26-23(28)18-6-5-13-27(16-18)34(30,31)22-15-19(25)9-12-21(22)32-2/h7-12,15,18H,3-6,13-14,16H2,1-2H3,(H,26,28)/t18-/m1/s1. The molecule has 1 saturated heterocycles. The average molecular weight is 509 g/mol. The van der Waals surface area contributed by atoms with Gasteiger partial charge in [0.15, 0.2) is 0 Å². The summed E-state index contributed by atoms with van der Waals surface area (Å²) in [4.78, 5) is 24.9. The number of hydrogen-bond donors (Lipinski definition) is 1. The number of unbranched alkanes of at least 4 members (excludes halogenated alkanes) is 1. The molecule has 0 bridgehead atoms. The van der Waals surface area contributed by atoms with Crippen molar-refractivity contribution < 1.29 is 27.5 Å². The van der Waals surface area contributed by atoms with Crippen molar-refractivity contribution in [3.8, 4) is 5.75 Å². The van der Waals surface area contributed by atoms with Crippen molar-refractivity contribution in [2.75, 3.05) is 32.1 Å². The quantitative estimate of drug-likeness (QED) is 0.399. The number of sulfonamides is 1. The van der Waals surface area contributed by atoms with Crippen LogP contribution in [0.25, 0.3) is 0 Å². The van der Waals surface area contributed by atoms with Gasteiger partial charge in [-0.15, -0.1) is 0 Å². The zero-order valence-electron chi connectivity index (χ0n) is 19.3. The Morgan fingerprint density at radius 3 is 2.59 bits per heavy atom. The Balaban J connectivity index is 1.66. The molecule has 3 rings (SSSR count). The minimum atomic E-state index is -3.90. The summed E-state index contributed by atoms with van der Waals surface area (Å²) in [6.07, 6.45) is 2.85. The lowest BCUT2D eigenvalue weighted by Crippen LogP contribution is -2.43. The maximum Gasteiger partial charge on any atom is 0.338 e. The highest BCUT2D eigenvalue weighted by atomic mass is 35.5. The van der Waals surface area contributed by atoms with E-state index in [2.05, 4.69) is 5.32 Å². The molecule has 0 radical (unpaired) electrons. The molecule has 1 amide bonds. The van der Waals surface area contributed by atoms with Crippen molar-refractivity contribution in [1.82, 2.24) is 4.31 Å². The van der Waals surface area contributed by atoms with Crippen LogP contribution in [-0.4, -0.2) is 51.4 Å². The van der Waals surface area contributed by atoms with Crippen LogP contribution in [0.15, 0.2) is 47.4 Å². The molecule has 2 aromatic carbocycles. The summed E-state index contributed by atoms with van der Waals surface area (Å²) in [7, 11) is -2.51. The Kier molecular flexibility index (Phi) is 8.93. The van der Waals surface area contributed by atoms with Crippen molar-refractivity contribution in [2.45, 2.75) is 37.5 Å². The number of methoxy groups -OCH3 is 1. The van der Waals surface area contributed by atoms with Gasteiger partial charge in [0.05, 0.1) is 25.2 Å². The van der Waals surface area contributed by atoms with Gasteiger partial charge in [0, 0.05) is 23.8 Å². The van der Waals surface area contributed by atoms with E-state index in [-0.39, 0.29) is 28.1 Å². The molecule has 0 aliphatic carbocycles. The highest BCUT2D eigenvalue weighted by molar-refractivity contribution is 7.89. The molecule has 1 aliphatic heterocycles. The first-order valence-corrected chi connectivity index (χ1v) is 13.0. The molecule has 0 unspecified atom stereocenters. The van der Waals surface area contributed by atoms with E-state index in [0.29, 0.717) is 37.2 Å². The van der Waals surface area contributed by atoms with E-state index in [4.69, 9.17) is 21.1 Å². The minimum Gasteiger partial charge on any atom is -0.495 e. The highest BCUT2D eigenvalue weighted by Gasteiger charge is 2.35. The van der Waals surface area contributed by atoms with Crippen molar-refractivity contribution in [3.63, 3.8) is 0 Å². The maximum atomic E-state index is 13.3. The highest BCUT2D eigenvalue weighted by Crippen LogP contribution is 2.32. The van der Waals surface area contributed by atoms with Gasteiger partial charge in [-0.1, -0.05) is 24.9 Å². The number of amides is 1. The molecular formula is C24H29ClN2O6S. The van der Waals surface area contributed by atoms with Gasteiger partial charge in [-0.25, -0.2) is 13.2 Å². The summed E-state index contributed by atoms with van der Waals surface area (Å²) in [6, 6.07) is 10.9. The number of anilines is 1. The summed E-state index contributed by atoms with van der Waals surface area (Å²) < 4.78 is 38.2. The molecule has 10 heteroatoms. The molecule has 1 fully saturated rings. The average Bonchev–Trinajstić information content (AvgIpc) is 2.84. The second-order valence-electron chi connectivity index (χ2n) is 8.05. The fraction of sp³-hybridized carbons (Fsp3) is 0.417. The number of ether oxygens (including phenoxy) is 2. The summed E-state index contributed by atoms with van der Waals surface area (Å²) in [6.45, 7) is 2.73. The zero-order chi connectivity index (χ0) is 24.7. The lowest BCUT2D eigenvalue weighted by Gasteiger charge is -2.31. The van der Waals surface area contributed by atoms with Crippen LogP contribution in [0.4, 0.5) is 5.69 Å². The van der Waals surface area contributed by atoms with E-state index in [1.165, 1.54) is 23.5 Å². The SMILES string of the molecule is CCCCOC(=O)c1ccc(NC(=O)[C@@H]2CCCN(S(=O)(=O)c3cc(Cl)ccc3OC)C2)cc1. The van der Waals surface area contributed by atoms with Gasteiger partial charge < -0.3 is 14.8 Å². The topological polar surface area (TPSA) is 102 Å². The third kappa shape index (κ3) is 6.28. The minimum absolute atomic E-state index is 0.0232. The number of nitrogens with zero attached hydrogens (tertiary/aromatic N) is 1. The summed E-state index contributed by atoms with van der Waals surface area (Å²) in [5.41, 5.74) is 0.922. The van der Waals surface area contributed by atoms with E-state index in [9.17, 15) is 18.0 Å². The first-order chi connectivity index (χ1) is 16.3. The number of carbonyl (C=O) groups excluding carboxylic acids is 2. The van der Waals surface area contributed by atoms with Gasteiger partial charge in [0.2, 0.25) is 15.9 Å². The predicted molar refractivity (Wildman–Crippen MR) is 130 cm³/mol. The smallest absolute Gasteiger partial charge is 0.338 e. The van der Waals surface area contributed by atoms with Crippen LogP contribution in [0, 0.1) is 5.92 Å². The van der Waals surface area contributed by atoms with Crippen LogP contribution in [0.3, 0.4) is 0 Å². The number of benzene rings is 2. The van der Waals surface area contributed by atoms with Gasteiger partial charge in [-0.3, -0.25) is 4.79 Å². The van der Waals surface area contributed by atoms with Crippen LogP contribution < -0.4 is 10.1 Å². The van der Waals surface area contributed by atoms with Gasteiger partial charge in [-0.2, -0.15) is 4.31 Å². The summed E-state index contributed by atoms with van der Waals surface area (Å²) >= 11 is 6.02. The van der Waals surface area contributed by atoms with E-state index in [1.54, 1.807) is 30.3 Å². The van der Waals surface area contributed by atoms with Crippen LogP contribution in [0.1, 0.15) is 43.0 Å². The van der Waals surface area contributed by atoms with E-state index in [0.717, 1.165) is 12.8 Å². The number of halogens is 1. The van der Waals surface area contributed by atoms with E-state index >= 15 is 0 Å². The molecule has 0 saturated carbocycles. The van der Waals surface area contributed by atoms with Gasteiger partial charge >= 0.3 is 5.97 Å². The molecule has 184 valence electrons. The first-order valence-electron chi connectivity index (χ1n) is 11.2. The van der Waals surface area contributed by atoms with Crippen molar-refractivity contribution in [3.05, 3.63) is 53.1 Å². The third-order valence-electron chi connectivity index (χ3n) is 5.62. The largest absolute Gasteiger partial charge is 0.495 e. The molecule has 0 aromatic heterocycles. The van der Waals surface area contributed by atoms with E-state index in [1.807, 2.05) is 6.92 Å². The third-order valence-corrected chi connectivity index (χ3v) is 7.74. The number of nitrogens with one attached hydrogen (secondary N) is 1. The van der Waals surface area contributed by atoms with Gasteiger partial charge in [0.25, 0.3) is 0 Å². The second kappa shape index (κ2) is 11.7. The summed E-state index contributed by atoms with van der Waals surface area (Å²) in [5.74, 6) is -1.01. The van der Waals surface area contributed by atoms with Crippen molar-refractivity contribution in [2.24, 2.45) is 5.92 Å². The monoisotopic (exact) mass is 508 g/mol. The zero-order valence-corrected chi connectivity index (χ0v) is 20.8. The summed E-state index contributed by atoms with van der Waals surface area (Å²) in [5, 5.41) is 3.10. The second-order valence-corrected chi connectivity index (χ2v) is 10.4. The Morgan fingerprint density at radius 2 is 1.91 bits per heavy atom.